The quantitative estimate of drug-likeness (QED) is 0.844. The number of benzene rings is 1. The predicted molar refractivity (Wildman–Crippen MR) is 66.2 cm³/mol. The van der Waals surface area contributed by atoms with Crippen molar-refractivity contribution in [3.05, 3.63) is 35.9 Å². The van der Waals surface area contributed by atoms with Crippen molar-refractivity contribution in [2.45, 2.75) is 44.9 Å². The van der Waals surface area contributed by atoms with E-state index in [-0.39, 0.29) is 6.10 Å². The molecule has 2 rings (SSSR count). The van der Waals surface area contributed by atoms with Gasteiger partial charge < -0.3 is 5.11 Å². The molecule has 0 radical (unpaired) electrons. The first-order valence-electron chi connectivity index (χ1n) is 6.23. The molecule has 1 N–H and O–H groups in total. The largest absolute Gasteiger partial charge is 0.392 e. The molecular weight excluding hydrogens is 198 g/mol. The number of hydrogen-bond acceptors (Lipinski definition) is 2. The Hall–Kier alpha value is -0.860. The van der Waals surface area contributed by atoms with Crippen LogP contribution in [0.25, 0.3) is 0 Å². The van der Waals surface area contributed by atoms with E-state index in [0.717, 1.165) is 19.5 Å². The molecule has 1 aliphatic heterocycles. The van der Waals surface area contributed by atoms with Crippen LogP contribution in [0.4, 0.5) is 0 Å². The van der Waals surface area contributed by atoms with Crippen molar-refractivity contribution in [3.63, 3.8) is 0 Å². The second-order valence-electron chi connectivity index (χ2n) is 4.76. The van der Waals surface area contributed by atoms with E-state index in [4.69, 9.17) is 0 Å². The summed E-state index contributed by atoms with van der Waals surface area (Å²) in [6, 6.07) is 10.9. The smallest absolute Gasteiger partial charge is 0.0667 e. The molecule has 16 heavy (non-hydrogen) atoms. The molecule has 2 nitrogen and oxygen atoms in total. The molecule has 1 fully saturated rings. The fourth-order valence-corrected chi connectivity index (χ4v) is 2.58. The van der Waals surface area contributed by atoms with Crippen molar-refractivity contribution in [3.8, 4) is 0 Å². The second-order valence-corrected chi connectivity index (χ2v) is 4.76. The zero-order valence-corrected chi connectivity index (χ0v) is 9.97. The Balaban J connectivity index is 2.01. The lowest BCUT2D eigenvalue weighted by atomic mass is 9.97. The van der Waals surface area contributed by atoms with E-state index in [9.17, 15) is 5.11 Å². The topological polar surface area (TPSA) is 23.5 Å². The van der Waals surface area contributed by atoms with Gasteiger partial charge in [0.15, 0.2) is 0 Å². The molecule has 0 amide bonds. The van der Waals surface area contributed by atoms with Crippen LogP contribution in [-0.4, -0.2) is 28.7 Å². The molecule has 2 atom stereocenters. The van der Waals surface area contributed by atoms with Crippen molar-refractivity contribution < 1.29 is 5.11 Å². The summed E-state index contributed by atoms with van der Waals surface area (Å²) in [5.41, 5.74) is 1.34. The van der Waals surface area contributed by atoms with E-state index in [0.29, 0.717) is 6.04 Å². The molecule has 1 aliphatic rings. The maximum Gasteiger partial charge on any atom is 0.0667 e. The summed E-state index contributed by atoms with van der Waals surface area (Å²) >= 11 is 0. The zero-order chi connectivity index (χ0) is 11.4. The number of aliphatic hydroxyl groups excluding tert-OH is 1. The summed E-state index contributed by atoms with van der Waals surface area (Å²) in [5, 5.41) is 9.78. The fraction of sp³-hybridized carbons (Fsp3) is 0.571. The summed E-state index contributed by atoms with van der Waals surface area (Å²) in [6.45, 7) is 3.99. The Labute approximate surface area is 97.9 Å². The van der Waals surface area contributed by atoms with Gasteiger partial charge in [-0.15, -0.1) is 0 Å². The van der Waals surface area contributed by atoms with Gasteiger partial charge in [-0.25, -0.2) is 0 Å². The minimum atomic E-state index is -0.219. The standard InChI is InChI=1S/C14H21NO/c1-12(16)14-9-5-6-10-15(14)11-13-7-3-2-4-8-13/h2-4,7-8,12,14,16H,5-6,9-11H2,1H3/t12-,14-/m1/s1. The predicted octanol–water partition coefficient (Wildman–Crippen LogP) is 2.42. The lowest BCUT2D eigenvalue weighted by Gasteiger charge is -2.37. The van der Waals surface area contributed by atoms with E-state index >= 15 is 0 Å². The van der Waals surface area contributed by atoms with Gasteiger partial charge in [0.25, 0.3) is 0 Å². The number of nitrogens with zero attached hydrogens (tertiary/aromatic N) is 1. The van der Waals surface area contributed by atoms with Crippen LogP contribution in [0, 0.1) is 0 Å². The molecule has 88 valence electrons. The van der Waals surface area contributed by atoms with Crippen molar-refractivity contribution >= 4 is 0 Å². The van der Waals surface area contributed by atoms with Crippen LogP contribution in [0.5, 0.6) is 0 Å². The molecule has 1 aromatic rings. The Kier molecular flexibility index (Phi) is 3.97. The van der Waals surface area contributed by atoms with Crippen molar-refractivity contribution in [2.75, 3.05) is 6.54 Å². The average Bonchev–Trinajstić information content (AvgIpc) is 2.31. The first-order valence-corrected chi connectivity index (χ1v) is 6.23. The molecular formula is C14H21NO. The van der Waals surface area contributed by atoms with Gasteiger partial charge in [0.2, 0.25) is 0 Å². The van der Waals surface area contributed by atoms with Crippen LogP contribution in [0.2, 0.25) is 0 Å². The number of hydrogen-bond donors (Lipinski definition) is 1. The Morgan fingerprint density at radius 1 is 1.31 bits per heavy atom. The lowest BCUT2D eigenvalue weighted by molar-refractivity contribution is 0.0317. The summed E-state index contributed by atoms with van der Waals surface area (Å²) in [6.07, 6.45) is 3.42. The third-order valence-electron chi connectivity index (χ3n) is 3.45. The highest BCUT2D eigenvalue weighted by molar-refractivity contribution is 5.14. The number of aliphatic hydroxyl groups is 1. The van der Waals surface area contributed by atoms with Gasteiger partial charge in [-0.05, 0) is 31.9 Å². The first kappa shape index (κ1) is 11.6. The van der Waals surface area contributed by atoms with Crippen molar-refractivity contribution in [1.82, 2.24) is 4.90 Å². The molecule has 1 heterocycles. The van der Waals surface area contributed by atoms with Gasteiger partial charge in [0.05, 0.1) is 6.10 Å². The average molecular weight is 219 g/mol. The van der Waals surface area contributed by atoms with Crippen LogP contribution in [-0.2, 0) is 6.54 Å². The van der Waals surface area contributed by atoms with Gasteiger partial charge >= 0.3 is 0 Å². The Morgan fingerprint density at radius 2 is 2.06 bits per heavy atom. The molecule has 0 spiro atoms. The molecule has 1 aromatic carbocycles. The van der Waals surface area contributed by atoms with E-state index in [1.54, 1.807) is 0 Å². The summed E-state index contributed by atoms with van der Waals surface area (Å²) in [4.78, 5) is 2.42. The molecule has 0 aromatic heterocycles. The molecule has 0 saturated carbocycles. The molecule has 0 bridgehead atoms. The van der Waals surface area contributed by atoms with Crippen LogP contribution in [0.3, 0.4) is 0 Å². The fourth-order valence-electron chi connectivity index (χ4n) is 2.58. The first-order chi connectivity index (χ1) is 7.77. The van der Waals surface area contributed by atoms with Crippen LogP contribution >= 0.6 is 0 Å². The minimum absolute atomic E-state index is 0.219. The van der Waals surface area contributed by atoms with Gasteiger partial charge in [-0.2, -0.15) is 0 Å². The normalized spacial score (nSPS) is 24.2. The maximum absolute atomic E-state index is 9.78. The van der Waals surface area contributed by atoms with Crippen molar-refractivity contribution in [1.29, 1.82) is 0 Å². The van der Waals surface area contributed by atoms with E-state index in [2.05, 4.69) is 29.2 Å². The van der Waals surface area contributed by atoms with Crippen molar-refractivity contribution in [2.24, 2.45) is 0 Å². The molecule has 2 heteroatoms. The summed E-state index contributed by atoms with van der Waals surface area (Å²) in [5.74, 6) is 0. The van der Waals surface area contributed by atoms with Crippen LogP contribution in [0.15, 0.2) is 30.3 Å². The van der Waals surface area contributed by atoms with E-state index < -0.39 is 0 Å². The number of likely N-dealkylation sites (tertiary alicyclic amines) is 1. The summed E-state index contributed by atoms with van der Waals surface area (Å²) < 4.78 is 0. The highest BCUT2D eigenvalue weighted by atomic mass is 16.3. The van der Waals surface area contributed by atoms with E-state index in [1.165, 1.54) is 18.4 Å². The van der Waals surface area contributed by atoms with E-state index in [1.807, 2.05) is 13.0 Å². The maximum atomic E-state index is 9.78. The van der Waals surface area contributed by atoms with Gasteiger partial charge in [-0.3, -0.25) is 4.90 Å². The molecule has 0 unspecified atom stereocenters. The van der Waals surface area contributed by atoms with Gasteiger partial charge in [-0.1, -0.05) is 36.8 Å². The summed E-state index contributed by atoms with van der Waals surface area (Å²) in [7, 11) is 0. The molecule has 0 aliphatic carbocycles. The number of rotatable bonds is 3. The SMILES string of the molecule is C[C@@H](O)[C@H]1CCCCN1Cc1ccccc1. The monoisotopic (exact) mass is 219 g/mol. The van der Waals surface area contributed by atoms with Crippen LogP contribution < -0.4 is 0 Å². The van der Waals surface area contributed by atoms with Crippen LogP contribution in [0.1, 0.15) is 31.7 Å². The number of piperidine rings is 1. The third kappa shape index (κ3) is 2.83. The third-order valence-corrected chi connectivity index (χ3v) is 3.45. The molecule has 1 saturated heterocycles. The minimum Gasteiger partial charge on any atom is -0.392 e. The Bertz CT molecular complexity index is 310. The Morgan fingerprint density at radius 3 is 2.75 bits per heavy atom. The van der Waals surface area contributed by atoms with Gasteiger partial charge in [0.1, 0.15) is 0 Å². The zero-order valence-electron chi connectivity index (χ0n) is 9.97. The van der Waals surface area contributed by atoms with Gasteiger partial charge in [0, 0.05) is 12.6 Å². The second kappa shape index (κ2) is 5.46. The highest BCUT2D eigenvalue weighted by Gasteiger charge is 2.25. The highest BCUT2D eigenvalue weighted by Crippen LogP contribution is 2.21. The lowest BCUT2D eigenvalue weighted by Crippen LogP contribution is -2.45.